The van der Waals surface area contributed by atoms with Gasteiger partial charge in [-0.15, -0.1) is 0 Å². The molecule has 0 radical (unpaired) electrons. The van der Waals surface area contributed by atoms with Gasteiger partial charge in [-0.25, -0.2) is 0 Å². The molecule has 0 aromatic rings. The first-order valence-corrected chi connectivity index (χ1v) is 7.97. The van der Waals surface area contributed by atoms with E-state index in [1.807, 2.05) is 0 Å². The largest absolute Gasteiger partial charge is 0.383 e. The molecule has 2 rings (SSSR count). The second-order valence-corrected chi connectivity index (χ2v) is 6.01. The Hall–Kier alpha value is -0.160. The molecule has 0 aliphatic carbocycles. The molecule has 0 atom stereocenters. The highest BCUT2D eigenvalue weighted by Gasteiger charge is 2.23. The van der Waals surface area contributed by atoms with Crippen molar-refractivity contribution in [3.63, 3.8) is 0 Å². The highest BCUT2D eigenvalue weighted by atomic mass is 16.5. The molecular formula is C15H31N3O. The molecule has 19 heavy (non-hydrogen) atoms. The van der Waals surface area contributed by atoms with Gasteiger partial charge < -0.3 is 14.5 Å². The Morgan fingerprint density at radius 1 is 0.895 bits per heavy atom. The van der Waals surface area contributed by atoms with Crippen molar-refractivity contribution in [3.8, 4) is 0 Å². The minimum absolute atomic E-state index is 0.871. The quantitative estimate of drug-likeness (QED) is 0.715. The van der Waals surface area contributed by atoms with E-state index in [1.165, 1.54) is 65.2 Å². The van der Waals surface area contributed by atoms with Crippen LogP contribution in [0, 0.1) is 5.92 Å². The molecule has 0 bridgehead atoms. The Bertz CT molecular complexity index is 234. The fourth-order valence-corrected chi connectivity index (χ4v) is 3.27. The number of nitrogens with zero attached hydrogens (tertiary/aromatic N) is 3. The van der Waals surface area contributed by atoms with Crippen LogP contribution >= 0.6 is 0 Å². The van der Waals surface area contributed by atoms with Crippen LogP contribution in [0.1, 0.15) is 19.8 Å². The van der Waals surface area contributed by atoms with Crippen LogP contribution < -0.4 is 0 Å². The van der Waals surface area contributed by atoms with Gasteiger partial charge in [0.2, 0.25) is 0 Å². The summed E-state index contributed by atoms with van der Waals surface area (Å²) >= 11 is 0. The number of likely N-dealkylation sites (tertiary alicyclic amines) is 1. The van der Waals surface area contributed by atoms with Gasteiger partial charge in [-0.3, -0.25) is 4.90 Å². The van der Waals surface area contributed by atoms with E-state index in [2.05, 4.69) is 21.6 Å². The third kappa shape index (κ3) is 5.03. The number of piperazine rings is 1. The van der Waals surface area contributed by atoms with Crippen LogP contribution in [-0.2, 0) is 4.74 Å². The summed E-state index contributed by atoms with van der Waals surface area (Å²) in [6.07, 6.45) is 2.80. The highest BCUT2D eigenvalue weighted by molar-refractivity contribution is 4.78. The molecule has 0 amide bonds. The smallest absolute Gasteiger partial charge is 0.0589 e. The molecule has 0 N–H and O–H groups in total. The van der Waals surface area contributed by atoms with Crippen LogP contribution in [0.25, 0.3) is 0 Å². The number of rotatable bonds is 6. The fourth-order valence-electron chi connectivity index (χ4n) is 3.27. The van der Waals surface area contributed by atoms with Crippen molar-refractivity contribution in [1.82, 2.24) is 14.7 Å². The standard InChI is InChI=1S/C15H31N3O/c1-3-16-6-4-15(5-7-16)14-18-10-8-17(9-11-18)12-13-19-2/h15H,3-14H2,1-2H3. The van der Waals surface area contributed by atoms with Crippen LogP contribution in [0.5, 0.6) is 0 Å². The van der Waals surface area contributed by atoms with E-state index in [0.717, 1.165) is 19.1 Å². The summed E-state index contributed by atoms with van der Waals surface area (Å²) in [5.74, 6) is 0.938. The van der Waals surface area contributed by atoms with E-state index >= 15 is 0 Å². The maximum Gasteiger partial charge on any atom is 0.0589 e. The summed E-state index contributed by atoms with van der Waals surface area (Å²) in [7, 11) is 1.79. The SMILES string of the molecule is CCN1CCC(CN2CCN(CCOC)CC2)CC1. The minimum Gasteiger partial charge on any atom is -0.383 e. The maximum atomic E-state index is 5.15. The summed E-state index contributed by atoms with van der Waals surface area (Å²) in [5.41, 5.74) is 0. The third-order valence-corrected chi connectivity index (χ3v) is 4.75. The molecule has 2 aliphatic rings. The van der Waals surface area contributed by atoms with Crippen LogP contribution in [0.15, 0.2) is 0 Å². The first-order valence-electron chi connectivity index (χ1n) is 7.97. The van der Waals surface area contributed by atoms with Crippen molar-refractivity contribution in [2.45, 2.75) is 19.8 Å². The number of hydrogen-bond donors (Lipinski definition) is 0. The number of hydrogen-bond acceptors (Lipinski definition) is 4. The molecule has 112 valence electrons. The molecule has 0 spiro atoms. The molecule has 0 aromatic carbocycles. The van der Waals surface area contributed by atoms with Crippen LogP contribution in [-0.4, -0.2) is 87.3 Å². The number of methoxy groups -OCH3 is 1. The third-order valence-electron chi connectivity index (χ3n) is 4.75. The summed E-state index contributed by atoms with van der Waals surface area (Å²) in [6.45, 7) is 14.4. The predicted octanol–water partition coefficient (Wildman–Crippen LogP) is 0.982. The lowest BCUT2D eigenvalue weighted by Gasteiger charge is -2.38. The lowest BCUT2D eigenvalue weighted by molar-refractivity contribution is 0.0780. The normalized spacial score (nSPS) is 24.9. The molecule has 4 heteroatoms. The fraction of sp³-hybridized carbons (Fsp3) is 1.00. The number of piperidine rings is 1. The van der Waals surface area contributed by atoms with Crippen LogP contribution in [0.2, 0.25) is 0 Å². The molecule has 2 saturated heterocycles. The average molecular weight is 269 g/mol. The van der Waals surface area contributed by atoms with E-state index in [-0.39, 0.29) is 0 Å². The van der Waals surface area contributed by atoms with Gasteiger partial charge >= 0.3 is 0 Å². The van der Waals surface area contributed by atoms with Crippen molar-refractivity contribution in [2.24, 2.45) is 5.92 Å². The Labute approximate surface area is 118 Å². The van der Waals surface area contributed by atoms with E-state index in [1.54, 1.807) is 7.11 Å². The van der Waals surface area contributed by atoms with E-state index in [9.17, 15) is 0 Å². The Balaban J connectivity index is 1.60. The van der Waals surface area contributed by atoms with E-state index < -0.39 is 0 Å². The van der Waals surface area contributed by atoms with Crippen LogP contribution in [0.3, 0.4) is 0 Å². The minimum atomic E-state index is 0.871. The monoisotopic (exact) mass is 269 g/mol. The second-order valence-electron chi connectivity index (χ2n) is 6.01. The summed E-state index contributed by atoms with van der Waals surface area (Å²) in [4.78, 5) is 7.79. The zero-order chi connectivity index (χ0) is 13.5. The molecule has 2 aliphatic heterocycles. The average Bonchev–Trinajstić information content (AvgIpc) is 2.47. The first kappa shape index (κ1) is 15.2. The first-order chi connectivity index (χ1) is 9.31. The van der Waals surface area contributed by atoms with Crippen molar-refractivity contribution in [3.05, 3.63) is 0 Å². The molecule has 2 heterocycles. The Morgan fingerprint density at radius 2 is 1.53 bits per heavy atom. The van der Waals surface area contributed by atoms with Gasteiger partial charge in [-0.05, 0) is 38.4 Å². The zero-order valence-corrected chi connectivity index (χ0v) is 12.8. The predicted molar refractivity (Wildman–Crippen MR) is 79.6 cm³/mol. The van der Waals surface area contributed by atoms with Gasteiger partial charge in [-0.2, -0.15) is 0 Å². The van der Waals surface area contributed by atoms with E-state index in [0.29, 0.717) is 0 Å². The van der Waals surface area contributed by atoms with Gasteiger partial charge in [-0.1, -0.05) is 6.92 Å². The molecule has 4 nitrogen and oxygen atoms in total. The van der Waals surface area contributed by atoms with Gasteiger partial charge in [0.05, 0.1) is 6.61 Å². The van der Waals surface area contributed by atoms with Gasteiger partial charge in [0, 0.05) is 46.4 Å². The summed E-state index contributed by atoms with van der Waals surface area (Å²) < 4.78 is 5.15. The Morgan fingerprint density at radius 3 is 2.11 bits per heavy atom. The van der Waals surface area contributed by atoms with Gasteiger partial charge in [0.15, 0.2) is 0 Å². The van der Waals surface area contributed by atoms with E-state index in [4.69, 9.17) is 4.74 Å². The molecule has 0 saturated carbocycles. The van der Waals surface area contributed by atoms with Crippen molar-refractivity contribution in [2.75, 3.05) is 72.6 Å². The molecule has 2 fully saturated rings. The van der Waals surface area contributed by atoms with Crippen molar-refractivity contribution in [1.29, 1.82) is 0 Å². The lowest BCUT2D eigenvalue weighted by Crippen LogP contribution is -2.49. The van der Waals surface area contributed by atoms with Crippen molar-refractivity contribution < 1.29 is 4.74 Å². The van der Waals surface area contributed by atoms with Crippen LogP contribution in [0.4, 0.5) is 0 Å². The molecule has 0 unspecified atom stereocenters. The van der Waals surface area contributed by atoms with Gasteiger partial charge in [0.1, 0.15) is 0 Å². The number of ether oxygens (including phenoxy) is 1. The zero-order valence-electron chi connectivity index (χ0n) is 12.8. The Kier molecular flexibility index (Phi) is 6.57. The maximum absolute atomic E-state index is 5.15. The summed E-state index contributed by atoms with van der Waals surface area (Å²) in [6, 6.07) is 0. The second kappa shape index (κ2) is 8.20. The molecular weight excluding hydrogens is 238 g/mol. The molecule has 0 aromatic heterocycles. The van der Waals surface area contributed by atoms with Crippen molar-refractivity contribution >= 4 is 0 Å². The highest BCUT2D eigenvalue weighted by Crippen LogP contribution is 2.18. The summed E-state index contributed by atoms with van der Waals surface area (Å²) in [5, 5.41) is 0. The lowest BCUT2D eigenvalue weighted by atomic mass is 9.96. The van der Waals surface area contributed by atoms with Gasteiger partial charge in [0.25, 0.3) is 0 Å². The topological polar surface area (TPSA) is 19.0 Å².